The van der Waals surface area contributed by atoms with E-state index in [2.05, 4.69) is 33.8 Å². The van der Waals surface area contributed by atoms with Gasteiger partial charge in [0.15, 0.2) is 0 Å². The third-order valence-corrected chi connectivity index (χ3v) is 3.67. The Morgan fingerprint density at radius 1 is 1.17 bits per heavy atom. The molecule has 0 saturated heterocycles. The number of carbonyl (C=O) groups excluding carboxylic acids is 1. The number of hydrogen-bond donors (Lipinski definition) is 1. The number of benzene rings is 1. The molecular weight excluding hydrogens is 226 g/mol. The zero-order valence-electron chi connectivity index (χ0n) is 12.0. The summed E-state index contributed by atoms with van der Waals surface area (Å²) in [4.78, 5) is 13.4. The highest BCUT2D eigenvalue weighted by atomic mass is 16.3. The van der Waals surface area contributed by atoms with Gasteiger partial charge >= 0.3 is 0 Å². The molecule has 1 aromatic carbocycles. The Kier molecular flexibility index (Phi) is 4.91. The average Bonchev–Trinajstić information content (AvgIpc) is 2.32. The van der Waals surface area contributed by atoms with Gasteiger partial charge in [0.2, 0.25) is 5.91 Å². The topological polar surface area (TPSA) is 40.5 Å². The van der Waals surface area contributed by atoms with Gasteiger partial charge in [-0.3, -0.25) is 4.79 Å². The van der Waals surface area contributed by atoms with Crippen LogP contribution in [-0.4, -0.2) is 29.6 Å². The van der Waals surface area contributed by atoms with Crippen LogP contribution in [-0.2, 0) is 11.3 Å². The zero-order chi connectivity index (χ0) is 13.9. The molecule has 0 fully saturated rings. The van der Waals surface area contributed by atoms with Crippen molar-refractivity contribution in [2.24, 2.45) is 0 Å². The highest BCUT2D eigenvalue weighted by Crippen LogP contribution is 2.22. The molecule has 0 unspecified atom stereocenters. The molecule has 3 nitrogen and oxygen atoms in total. The molecule has 0 radical (unpaired) electrons. The Hall–Kier alpha value is -1.35. The van der Waals surface area contributed by atoms with Crippen molar-refractivity contribution in [2.75, 3.05) is 13.7 Å². The summed E-state index contributed by atoms with van der Waals surface area (Å²) in [6.45, 7) is 8.91. The van der Waals surface area contributed by atoms with Gasteiger partial charge in [-0.15, -0.1) is 0 Å². The van der Waals surface area contributed by atoms with Crippen molar-refractivity contribution in [1.82, 2.24) is 4.90 Å². The van der Waals surface area contributed by atoms with Gasteiger partial charge in [0, 0.05) is 20.0 Å². The molecule has 0 aliphatic rings. The van der Waals surface area contributed by atoms with Crippen LogP contribution >= 0.6 is 0 Å². The average molecular weight is 249 g/mol. The quantitative estimate of drug-likeness (QED) is 0.889. The van der Waals surface area contributed by atoms with Gasteiger partial charge in [-0.2, -0.15) is 0 Å². The Balaban J connectivity index is 3.00. The molecule has 0 aliphatic heterocycles. The Morgan fingerprint density at radius 3 is 2.11 bits per heavy atom. The number of rotatable bonds is 4. The first kappa shape index (κ1) is 14.7. The highest BCUT2D eigenvalue weighted by molar-refractivity contribution is 5.76. The van der Waals surface area contributed by atoms with Crippen LogP contribution in [0.2, 0.25) is 0 Å². The molecule has 0 spiro atoms. The minimum atomic E-state index is -0.0893. The Bertz CT molecular complexity index is 426. The van der Waals surface area contributed by atoms with Crippen molar-refractivity contribution in [3.05, 3.63) is 33.9 Å². The monoisotopic (exact) mass is 249 g/mol. The fourth-order valence-electron chi connectivity index (χ4n) is 2.15. The molecule has 1 rings (SSSR count). The van der Waals surface area contributed by atoms with Gasteiger partial charge in [-0.25, -0.2) is 0 Å². The summed E-state index contributed by atoms with van der Waals surface area (Å²) in [5.41, 5.74) is 6.25. The molecule has 1 aromatic rings. The van der Waals surface area contributed by atoms with Crippen LogP contribution in [0.3, 0.4) is 0 Å². The molecule has 0 saturated carbocycles. The molecule has 0 atom stereocenters. The molecule has 100 valence electrons. The fraction of sp³-hybridized carbons (Fsp3) is 0.533. The van der Waals surface area contributed by atoms with E-state index in [9.17, 15) is 4.79 Å². The van der Waals surface area contributed by atoms with Gasteiger partial charge in [0.25, 0.3) is 0 Å². The number of carbonyl (C=O) groups is 1. The van der Waals surface area contributed by atoms with E-state index >= 15 is 0 Å². The molecule has 0 bridgehead atoms. The van der Waals surface area contributed by atoms with Crippen molar-refractivity contribution >= 4 is 5.91 Å². The number of aliphatic hydroxyl groups is 1. The van der Waals surface area contributed by atoms with Crippen molar-refractivity contribution in [3.63, 3.8) is 0 Å². The minimum absolute atomic E-state index is 0.0181. The Morgan fingerprint density at radius 2 is 1.67 bits per heavy atom. The number of amides is 1. The van der Waals surface area contributed by atoms with E-state index in [1.807, 2.05) is 0 Å². The first-order chi connectivity index (χ1) is 8.38. The van der Waals surface area contributed by atoms with Crippen molar-refractivity contribution in [2.45, 2.75) is 40.7 Å². The zero-order valence-corrected chi connectivity index (χ0v) is 12.0. The lowest BCUT2D eigenvalue weighted by molar-refractivity contribution is -0.131. The van der Waals surface area contributed by atoms with Crippen LogP contribution < -0.4 is 0 Å². The number of aliphatic hydroxyl groups excluding tert-OH is 1. The normalized spacial score (nSPS) is 10.6. The van der Waals surface area contributed by atoms with Crippen LogP contribution in [0.1, 0.15) is 34.2 Å². The molecule has 0 aliphatic carbocycles. The van der Waals surface area contributed by atoms with Gasteiger partial charge in [0.05, 0.1) is 6.61 Å². The van der Waals surface area contributed by atoms with Crippen LogP contribution in [0.5, 0.6) is 0 Å². The highest BCUT2D eigenvalue weighted by Gasteiger charge is 2.13. The lowest BCUT2D eigenvalue weighted by Crippen LogP contribution is -2.27. The Labute approximate surface area is 109 Å². The predicted molar refractivity (Wildman–Crippen MR) is 73.6 cm³/mol. The second-order valence-electron chi connectivity index (χ2n) is 4.96. The van der Waals surface area contributed by atoms with Crippen molar-refractivity contribution < 1.29 is 9.90 Å². The van der Waals surface area contributed by atoms with E-state index in [0.717, 1.165) is 0 Å². The van der Waals surface area contributed by atoms with E-state index in [0.29, 0.717) is 6.54 Å². The van der Waals surface area contributed by atoms with E-state index in [1.165, 1.54) is 27.8 Å². The first-order valence-corrected chi connectivity index (χ1v) is 6.29. The van der Waals surface area contributed by atoms with E-state index in [4.69, 9.17) is 5.11 Å². The molecule has 18 heavy (non-hydrogen) atoms. The van der Waals surface area contributed by atoms with E-state index in [1.54, 1.807) is 11.9 Å². The predicted octanol–water partition coefficient (Wildman–Crippen LogP) is 2.26. The number of nitrogens with zero attached hydrogens (tertiary/aromatic N) is 1. The summed E-state index contributed by atoms with van der Waals surface area (Å²) in [7, 11) is 1.79. The first-order valence-electron chi connectivity index (χ1n) is 6.29. The minimum Gasteiger partial charge on any atom is -0.396 e. The summed E-state index contributed by atoms with van der Waals surface area (Å²) in [5.74, 6) is -0.0181. The summed E-state index contributed by atoms with van der Waals surface area (Å²) < 4.78 is 0. The summed E-state index contributed by atoms with van der Waals surface area (Å²) in [6.07, 6.45) is 0.194. The number of aryl methyl sites for hydroxylation is 2. The summed E-state index contributed by atoms with van der Waals surface area (Å²) in [6, 6.07) is 2.18. The third-order valence-electron chi connectivity index (χ3n) is 3.67. The van der Waals surface area contributed by atoms with Crippen LogP contribution in [0.4, 0.5) is 0 Å². The number of hydrogen-bond acceptors (Lipinski definition) is 2. The molecular formula is C15H23NO2. The summed E-state index contributed by atoms with van der Waals surface area (Å²) >= 11 is 0. The molecule has 0 aromatic heterocycles. The van der Waals surface area contributed by atoms with E-state index < -0.39 is 0 Å². The smallest absolute Gasteiger partial charge is 0.224 e. The van der Waals surface area contributed by atoms with Gasteiger partial charge < -0.3 is 10.0 Å². The van der Waals surface area contributed by atoms with Crippen molar-refractivity contribution in [1.29, 1.82) is 0 Å². The molecule has 1 N–H and O–H groups in total. The van der Waals surface area contributed by atoms with Gasteiger partial charge in [-0.1, -0.05) is 6.07 Å². The van der Waals surface area contributed by atoms with Gasteiger partial charge in [0.1, 0.15) is 0 Å². The van der Waals surface area contributed by atoms with Crippen LogP contribution in [0.25, 0.3) is 0 Å². The van der Waals surface area contributed by atoms with Crippen LogP contribution in [0, 0.1) is 27.7 Å². The maximum atomic E-state index is 11.7. The fourth-order valence-corrected chi connectivity index (χ4v) is 2.15. The van der Waals surface area contributed by atoms with E-state index in [-0.39, 0.29) is 18.9 Å². The maximum Gasteiger partial charge on any atom is 0.224 e. The molecule has 0 heterocycles. The second kappa shape index (κ2) is 6.01. The van der Waals surface area contributed by atoms with Crippen LogP contribution in [0.15, 0.2) is 6.07 Å². The maximum absolute atomic E-state index is 11.7. The SMILES string of the molecule is Cc1cc(C)c(C)c(CN(C)C(=O)CCO)c1C. The van der Waals surface area contributed by atoms with Gasteiger partial charge in [-0.05, 0) is 55.5 Å². The van der Waals surface area contributed by atoms with Crippen molar-refractivity contribution in [3.8, 4) is 0 Å². The third kappa shape index (κ3) is 3.10. The molecule has 1 amide bonds. The summed E-state index contributed by atoms with van der Waals surface area (Å²) in [5, 5.41) is 8.80. The second-order valence-corrected chi connectivity index (χ2v) is 4.96. The molecule has 3 heteroatoms. The lowest BCUT2D eigenvalue weighted by Gasteiger charge is -2.22. The lowest BCUT2D eigenvalue weighted by atomic mass is 9.94. The standard InChI is InChI=1S/C15H23NO2/c1-10-8-11(2)13(4)14(12(10)3)9-16(5)15(18)6-7-17/h8,17H,6-7,9H2,1-5H3. The largest absolute Gasteiger partial charge is 0.396 e.